The van der Waals surface area contributed by atoms with Crippen LogP contribution in [0, 0.1) is 6.33 Å². The van der Waals surface area contributed by atoms with Crippen molar-refractivity contribution in [3.63, 3.8) is 0 Å². The van der Waals surface area contributed by atoms with Gasteiger partial charge in [0.25, 0.3) is 10.1 Å². The Labute approximate surface area is 120 Å². The fraction of sp³-hybridized carbons (Fsp3) is 0. The molecule has 0 saturated carbocycles. The fourth-order valence-electron chi connectivity index (χ4n) is 1.33. The van der Waals surface area contributed by atoms with Gasteiger partial charge in [-0.2, -0.15) is 8.42 Å². The Balaban J connectivity index is 0.000000155. The van der Waals surface area contributed by atoms with Gasteiger partial charge in [-0.15, -0.1) is 0 Å². The molecule has 3 rings (SSSR count). The molecule has 0 saturated heterocycles. The van der Waals surface area contributed by atoms with E-state index in [-0.39, 0.29) is 4.90 Å². The number of benzene rings is 1. The summed E-state index contributed by atoms with van der Waals surface area (Å²) in [5, 5.41) is 9.71. The van der Waals surface area contributed by atoms with E-state index >= 15 is 0 Å². The lowest BCUT2D eigenvalue weighted by Gasteiger charge is -1.97. The lowest BCUT2D eigenvalue weighted by atomic mass is 10.4. The molecule has 3 aromatic rings. The Bertz CT molecular complexity index is 761. The summed E-state index contributed by atoms with van der Waals surface area (Å²) in [4.78, 5) is 3.96. The summed E-state index contributed by atoms with van der Waals surface area (Å²) < 4.78 is 30.7. The molecule has 0 radical (unpaired) electrons. The molecular formula is C12H11N5O3S. The quantitative estimate of drug-likeness (QED) is 0.397. The number of aromatic amines is 1. The van der Waals surface area contributed by atoms with Crippen LogP contribution in [0.4, 0.5) is 0 Å². The number of rotatable bonds is 2. The molecule has 0 aliphatic heterocycles. The molecule has 0 fully saturated rings. The van der Waals surface area contributed by atoms with Crippen LogP contribution in [0.1, 0.15) is 0 Å². The zero-order valence-electron chi connectivity index (χ0n) is 10.7. The lowest BCUT2D eigenvalue weighted by Crippen LogP contribution is -2.33. The van der Waals surface area contributed by atoms with Crippen LogP contribution in [0.5, 0.6) is 0 Å². The third-order valence-corrected chi connectivity index (χ3v) is 3.11. The number of pyridine rings is 1. The van der Waals surface area contributed by atoms with Crippen LogP contribution in [-0.4, -0.2) is 33.5 Å². The summed E-state index contributed by atoms with van der Waals surface area (Å²) in [5.41, 5.74) is 0. The predicted octanol–water partition coefficient (Wildman–Crippen LogP) is 0.210. The van der Waals surface area contributed by atoms with Gasteiger partial charge in [0.1, 0.15) is 12.1 Å². The highest BCUT2D eigenvalue weighted by atomic mass is 32.2. The second-order valence-corrected chi connectivity index (χ2v) is 5.12. The maximum absolute atomic E-state index is 10.4. The van der Waals surface area contributed by atoms with E-state index < -0.39 is 10.1 Å². The number of aromatic nitrogens is 5. The van der Waals surface area contributed by atoms with Crippen molar-refractivity contribution in [2.24, 2.45) is 0 Å². The predicted molar refractivity (Wildman–Crippen MR) is 70.8 cm³/mol. The zero-order valence-corrected chi connectivity index (χ0v) is 11.5. The van der Waals surface area contributed by atoms with Crippen molar-refractivity contribution in [2.45, 2.75) is 4.90 Å². The van der Waals surface area contributed by atoms with Crippen molar-refractivity contribution < 1.29 is 17.7 Å². The molecule has 21 heavy (non-hydrogen) atoms. The average Bonchev–Trinajstić information content (AvgIpc) is 3.03. The van der Waals surface area contributed by atoms with Gasteiger partial charge < -0.3 is 0 Å². The van der Waals surface area contributed by atoms with Crippen LogP contribution < -0.4 is 4.68 Å². The molecule has 0 atom stereocenters. The van der Waals surface area contributed by atoms with Crippen LogP contribution >= 0.6 is 0 Å². The Morgan fingerprint density at radius 3 is 2.29 bits per heavy atom. The monoisotopic (exact) mass is 305 g/mol. The van der Waals surface area contributed by atoms with Crippen molar-refractivity contribution in [1.82, 2.24) is 20.5 Å². The first-order chi connectivity index (χ1) is 10.1. The SMILES string of the molecule is O=S(=O)(O)c1ccccc1.[c-]1n[nH]n[n+]1-c1ccccn1. The van der Waals surface area contributed by atoms with E-state index in [1.807, 2.05) is 18.2 Å². The summed E-state index contributed by atoms with van der Waals surface area (Å²) >= 11 is 0. The topological polar surface area (TPSA) is 113 Å². The van der Waals surface area contributed by atoms with E-state index in [2.05, 4.69) is 26.8 Å². The van der Waals surface area contributed by atoms with Crippen LogP contribution in [0.3, 0.4) is 0 Å². The third kappa shape index (κ3) is 4.44. The van der Waals surface area contributed by atoms with E-state index in [9.17, 15) is 8.42 Å². The highest BCUT2D eigenvalue weighted by Crippen LogP contribution is 2.05. The third-order valence-electron chi connectivity index (χ3n) is 2.25. The molecule has 1 aromatic carbocycles. The minimum absolute atomic E-state index is 0.0741. The van der Waals surface area contributed by atoms with Crippen molar-refractivity contribution >= 4 is 10.1 Å². The summed E-state index contributed by atoms with van der Waals surface area (Å²) in [6.07, 6.45) is 4.28. The van der Waals surface area contributed by atoms with E-state index in [0.29, 0.717) is 5.82 Å². The fourth-order valence-corrected chi connectivity index (χ4v) is 1.83. The van der Waals surface area contributed by atoms with Gasteiger partial charge in [-0.3, -0.25) is 9.23 Å². The number of tetrazole rings is 1. The second-order valence-electron chi connectivity index (χ2n) is 3.70. The second kappa shape index (κ2) is 6.68. The van der Waals surface area contributed by atoms with Crippen molar-refractivity contribution in [3.8, 4) is 5.82 Å². The highest BCUT2D eigenvalue weighted by Gasteiger charge is 2.05. The van der Waals surface area contributed by atoms with Crippen molar-refractivity contribution in [2.75, 3.05) is 0 Å². The number of H-pyrrole nitrogens is 1. The summed E-state index contributed by atoms with van der Waals surface area (Å²) in [7, 11) is -4.00. The van der Waals surface area contributed by atoms with Gasteiger partial charge in [-0.25, -0.2) is 4.98 Å². The highest BCUT2D eigenvalue weighted by molar-refractivity contribution is 7.85. The molecule has 8 nitrogen and oxygen atoms in total. The molecule has 0 aliphatic carbocycles. The molecule has 9 heteroatoms. The molecule has 0 spiro atoms. The van der Waals surface area contributed by atoms with Crippen LogP contribution in [0.2, 0.25) is 0 Å². The first kappa shape index (κ1) is 14.8. The van der Waals surface area contributed by atoms with Gasteiger partial charge >= 0.3 is 0 Å². The number of hydrogen-bond acceptors (Lipinski definition) is 5. The van der Waals surface area contributed by atoms with Crippen molar-refractivity contribution in [3.05, 3.63) is 61.1 Å². The van der Waals surface area contributed by atoms with E-state index in [4.69, 9.17) is 4.55 Å². The minimum atomic E-state index is -4.00. The molecule has 0 bridgehead atoms. The van der Waals surface area contributed by atoms with Gasteiger partial charge in [0.2, 0.25) is 0 Å². The number of hydrogen-bond donors (Lipinski definition) is 2. The molecule has 2 heterocycles. The molecular weight excluding hydrogens is 294 g/mol. The molecule has 2 aromatic heterocycles. The maximum Gasteiger partial charge on any atom is 0.294 e. The van der Waals surface area contributed by atoms with Gasteiger partial charge in [-0.05, 0) is 23.4 Å². The van der Waals surface area contributed by atoms with Gasteiger partial charge in [0.15, 0.2) is 0 Å². The molecule has 2 N–H and O–H groups in total. The van der Waals surface area contributed by atoms with E-state index in [1.165, 1.54) is 16.8 Å². The number of nitrogens with zero attached hydrogens (tertiary/aromatic N) is 4. The van der Waals surface area contributed by atoms with Gasteiger partial charge in [-0.1, -0.05) is 40.6 Å². The largest absolute Gasteiger partial charge is 0.294 e. The molecule has 0 amide bonds. The molecule has 0 aliphatic rings. The first-order valence-corrected chi connectivity index (χ1v) is 7.16. The average molecular weight is 305 g/mol. The molecule has 108 valence electrons. The lowest BCUT2D eigenvalue weighted by molar-refractivity contribution is -0.668. The summed E-state index contributed by atoms with van der Waals surface area (Å²) in [5.74, 6) is 0.696. The summed E-state index contributed by atoms with van der Waals surface area (Å²) in [6, 6.07) is 13.0. The Hall–Kier alpha value is -2.65. The van der Waals surface area contributed by atoms with Crippen LogP contribution in [0.25, 0.3) is 5.82 Å². The Kier molecular flexibility index (Phi) is 4.69. The number of nitrogens with one attached hydrogen (secondary N) is 1. The van der Waals surface area contributed by atoms with Crippen LogP contribution in [-0.2, 0) is 10.1 Å². The molecule has 0 unspecified atom stereocenters. The first-order valence-electron chi connectivity index (χ1n) is 5.72. The maximum atomic E-state index is 10.4. The minimum Gasteiger partial charge on any atom is -0.282 e. The van der Waals surface area contributed by atoms with Gasteiger partial charge in [0, 0.05) is 0 Å². The van der Waals surface area contributed by atoms with E-state index in [1.54, 1.807) is 24.4 Å². The summed E-state index contributed by atoms with van der Waals surface area (Å²) in [6.45, 7) is 0. The Morgan fingerprint density at radius 1 is 1.10 bits per heavy atom. The standard InChI is InChI=1S/C6H5N5.C6H6O3S/c1-2-4-7-6(3-1)11-5-8-9-10-11;7-10(8,9)6-4-2-1-3-5-6/h1-4,9H;1-5H,(H,7,8,9). The Morgan fingerprint density at radius 2 is 1.81 bits per heavy atom. The normalized spacial score (nSPS) is 10.5. The zero-order chi connectivity index (χ0) is 15.1. The van der Waals surface area contributed by atoms with Crippen molar-refractivity contribution in [1.29, 1.82) is 0 Å². The smallest absolute Gasteiger partial charge is 0.282 e. The van der Waals surface area contributed by atoms with Gasteiger partial charge in [0.05, 0.1) is 11.1 Å². The van der Waals surface area contributed by atoms with Crippen LogP contribution in [0.15, 0.2) is 59.6 Å². The van der Waals surface area contributed by atoms with E-state index in [0.717, 1.165) is 0 Å².